The Morgan fingerprint density at radius 1 is 1.47 bits per heavy atom. The van der Waals surface area contributed by atoms with Gasteiger partial charge in [-0.2, -0.15) is 0 Å². The first kappa shape index (κ1) is 15.7. The highest BCUT2D eigenvalue weighted by Crippen LogP contribution is 2.22. The van der Waals surface area contributed by atoms with Gasteiger partial charge in [0.15, 0.2) is 0 Å². The summed E-state index contributed by atoms with van der Waals surface area (Å²) in [4.78, 5) is 11.6. The molecule has 4 nitrogen and oxygen atoms in total. The maximum Gasteiger partial charge on any atom is 0.319 e. The fourth-order valence-electron chi connectivity index (χ4n) is 1.69. The van der Waals surface area contributed by atoms with Crippen molar-refractivity contribution >= 4 is 23.3 Å². The Labute approximate surface area is 117 Å². The molecule has 2 unspecified atom stereocenters. The summed E-state index contributed by atoms with van der Waals surface area (Å²) in [7, 11) is 0. The topological polar surface area (TPSA) is 61.4 Å². The molecule has 0 aliphatic rings. The monoisotopic (exact) mass is 288 g/mol. The van der Waals surface area contributed by atoms with Crippen molar-refractivity contribution in [3.05, 3.63) is 29.0 Å². The quantitative estimate of drug-likeness (QED) is 0.780. The van der Waals surface area contributed by atoms with E-state index in [2.05, 4.69) is 10.6 Å². The maximum atomic E-state index is 13.0. The van der Waals surface area contributed by atoms with E-state index in [4.69, 9.17) is 11.6 Å². The summed E-state index contributed by atoms with van der Waals surface area (Å²) in [6.07, 6.45) is 0.193. The van der Waals surface area contributed by atoms with Crippen LogP contribution in [0.3, 0.4) is 0 Å². The number of benzene rings is 1. The van der Waals surface area contributed by atoms with Gasteiger partial charge < -0.3 is 15.7 Å². The fourth-order valence-corrected chi connectivity index (χ4v) is 1.86. The third kappa shape index (κ3) is 5.89. The van der Waals surface area contributed by atoms with Crippen molar-refractivity contribution in [3.8, 4) is 0 Å². The Hall–Kier alpha value is -1.33. The molecule has 0 spiro atoms. The van der Waals surface area contributed by atoms with Gasteiger partial charge in [-0.05, 0) is 37.5 Å². The van der Waals surface area contributed by atoms with Crippen LogP contribution in [0.1, 0.15) is 20.3 Å². The zero-order valence-corrected chi connectivity index (χ0v) is 11.7. The summed E-state index contributed by atoms with van der Waals surface area (Å²) in [6, 6.07) is 3.30. The van der Waals surface area contributed by atoms with Gasteiger partial charge in [0.2, 0.25) is 0 Å². The minimum atomic E-state index is -0.470. The summed E-state index contributed by atoms with van der Waals surface area (Å²) in [5.74, 6) is -0.323. The Morgan fingerprint density at radius 2 is 2.16 bits per heavy atom. The molecule has 2 amide bonds. The molecule has 0 radical (unpaired) electrons. The van der Waals surface area contributed by atoms with Crippen molar-refractivity contribution < 1.29 is 14.3 Å². The maximum absolute atomic E-state index is 13.0. The Morgan fingerprint density at radius 3 is 2.79 bits per heavy atom. The van der Waals surface area contributed by atoms with E-state index in [-0.39, 0.29) is 16.6 Å². The van der Waals surface area contributed by atoms with E-state index in [1.807, 2.05) is 6.92 Å². The van der Waals surface area contributed by atoms with Crippen LogP contribution in [0, 0.1) is 11.7 Å². The largest absolute Gasteiger partial charge is 0.393 e. The highest BCUT2D eigenvalue weighted by molar-refractivity contribution is 6.33. The van der Waals surface area contributed by atoms with Crippen LogP contribution < -0.4 is 10.6 Å². The lowest BCUT2D eigenvalue weighted by Gasteiger charge is -2.15. The summed E-state index contributed by atoms with van der Waals surface area (Å²) in [5, 5.41) is 14.6. The van der Waals surface area contributed by atoms with Gasteiger partial charge >= 0.3 is 6.03 Å². The number of urea groups is 1. The summed E-state index contributed by atoms with van der Waals surface area (Å²) in [6.45, 7) is 4.04. The van der Waals surface area contributed by atoms with Crippen molar-refractivity contribution in [2.24, 2.45) is 5.92 Å². The van der Waals surface area contributed by atoms with Crippen LogP contribution in [0.5, 0.6) is 0 Å². The molecular weight excluding hydrogens is 271 g/mol. The van der Waals surface area contributed by atoms with Crippen molar-refractivity contribution in [2.45, 2.75) is 26.4 Å². The molecule has 1 aromatic carbocycles. The summed E-state index contributed by atoms with van der Waals surface area (Å²) >= 11 is 5.83. The lowest BCUT2D eigenvalue weighted by atomic mass is 10.1. The summed E-state index contributed by atoms with van der Waals surface area (Å²) in [5.41, 5.74) is 0.224. The summed E-state index contributed by atoms with van der Waals surface area (Å²) < 4.78 is 13.0. The molecule has 2 atom stereocenters. The molecule has 6 heteroatoms. The van der Waals surface area contributed by atoms with Gasteiger partial charge in [0.1, 0.15) is 5.82 Å². The molecule has 106 valence electrons. The first-order valence-electron chi connectivity index (χ1n) is 6.06. The molecule has 0 bridgehead atoms. The molecule has 3 N–H and O–H groups in total. The highest BCUT2D eigenvalue weighted by Gasteiger charge is 2.10. The standard InChI is InChI=1S/C13H18ClFN2O2/c1-8(5-9(2)18)7-16-13(19)17-12-6-10(15)3-4-11(12)14/h3-4,6,8-9,18H,5,7H2,1-2H3,(H2,16,17,19). The number of aliphatic hydroxyl groups is 1. The van der Waals surface area contributed by atoms with Gasteiger partial charge in [-0.1, -0.05) is 18.5 Å². The lowest BCUT2D eigenvalue weighted by molar-refractivity contribution is 0.163. The molecule has 0 heterocycles. The second-order valence-electron chi connectivity index (χ2n) is 4.65. The minimum Gasteiger partial charge on any atom is -0.393 e. The van der Waals surface area contributed by atoms with Crippen LogP contribution in [-0.2, 0) is 0 Å². The number of aliphatic hydroxyl groups excluding tert-OH is 1. The molecule has 0 fully saturated rings. The van der Waals surface area contributed by atoms with Crippen molar-refractivity contribution in [1.29, 1.82) is 0 Å². The molecule has 0 saturated carbocycles. The number of hydrogen-bond donors (Lipinski definition) is 3. The average molecular weight is 289 g/mol. The first-order valence-corrected chi connectivity index (χ1v) is 6.44. The molecule has 0 aliphatic heterocycles. The van der Waals surface area contributed by atoms with Crippen molar-refractivity contribution in [3.63, 3.8) is 0 Å². The van der Waals surface area contributed by atoms with E-state index in [0.29, 0.717) is 13.0 Å². The predicted molar refractivity (Wildman–Crippen MR) is 73.9 cm³/mol. The van der Waals surface area contributed by atoms with Crippen molar-refractivity contribution in [2.75, 3.05) is 11.9 Å². The number of anilines is 1. The molecule has 1 rings (SSSR count). The number of rotatable bonds is 5. The second-order valence-corrected chi connectivity index (χ2v) is 5.06. The van der Waals surface area contributed by atoms with Gasteiger partial charge in [0, 0.05) is 6.54 Å². The zero-order chi connectivity index (χ0) is 14.4. The molecular formula is C13H18ClFN2O2. The van der Waals surface area contributed by atoms with Crippen LogP contribution in [-0.4, -0.2) is 23.8 Å². The van der Waals surface area contributed by atoms with Gasteiger partial charge in [0.25, 0.3) is 0 Å². The number of carbonyl (C=O) groups is 1. The first-order chi connectivity index (χ1) is 8.88. The number of hydrogen-bond acceptors (Lipinski definition) is 2. The molecule has 0 aromatic heterocycles. The van der Waals surface area contributed by atoms with E-state index in [1.165, 1.54) is 12.1 Å². The third-order valence-corrected chi connectivity index (χ3v) is 2.86. The van der Waals surface area contributed by atoms with E-state index < -0.39 is 18.0 Å². The van der Waals surface area contributed by atoms with Crippen molar-refractivity contribution in [1.82, 2.24) is 5.32 Å². The molecule has 0 saturated heterocycles. The van der Waals surface area contributed by atoms with Crippen LogP contribution in [0.15, 0.2) is 18.2 Å². The van der Waals surface area contributed by atoms with Crippen LogP contribution in [0.25, 0.3) is 0 Å². The van der Waals surface area contributed by atoms with Gasteiger partial charge in [-0.25, -0.2) is 9.18 Å². The third-order valence-electron chi connectivity index (χ3n) is 2.53. The zero-order valence-electron chi connectivity index (χ0n) is 10.9. The van der Waals surface area contributed by atoms with Crippen LogP contribution >= 0.6 is 11.6 Å². The van der Waals surface area contributed by atoms with Crippen LogP contribution in [0.4, 0.5) is 14.9 Å². The number of amides is 2. The number of carbonyl (C=O) groups excluding carboxylic acids is 1. The molecule has 1 aromatic rings. The Bertz CT molecular complexity index is 441. The lowest BCUT2D eigenvalue weighted by Crippen LogP contribution is -2.33. The normalized spacial score (nSPS) is 13.7. The Balaban J connectivity index is 2.45. The second kappa shape index (κ2) is 7.31. The molecule has 0 aliphatic carbocycles. The average Bonchev–Trinajstić information content (AvgIpc) is 2.30. The van der Waals surface area contributed by atoms with E-state index in [0.717, 1.165) is 6.07 Å². The fraction of sp³-hybridized carbons (Fsp3) is 0.462. The Kier molecular flexibility index (Phi) is 6.05. The van der Waals surface area contributed by atoms with Gasteiger partial charge in [-0.15, -0.1) is 0 Å². The minimum absolute atomic E-state index is 0.147. The van der Waals surface area contributed by atoms with Gasteiger partial charge in [-0.3, -0.25) is 0 Å². The molecule has 19 heavy (non-hydrogen) atoms. The van der Waals surface area contributed by atoms with E-state index in [9.17, 15) is 14.3 Å². The van der Waals surface area contributed by atoms with E-state index in [1.54, 1.807) is 6.92 Å². The highest BCUT2D eigenvalue weighted by atomic mass is 35.5. The predicted octanol–water partition coefficient (Wildman–Crippen LogP) is 3.01. The smallest absolute Gasteiger partial charge is 0.319 e. The number of nitrogens with one attached hydrogen (secondary N) is 2. The van der Waals surface area contributed by atoms with E-state index >= 15 is 0 Å². The number of halogens is 2. The SMILES string of the molecule is CC(O)CC(C)CNC(=O)Nc1cc(F)ccc1Cl. The van der Waals surface area contributed by atoms with Crippen LogP contribution in [0.2, 0.25) is 5.02 Å². The van der Waals surface area contributed by atoms with Gasteiger partial charge in [0.05, 0.1) is 16.8 Å².